The molecule has 0 fully saturated rings. The van der Waals surface area contributed by atoms with E-state index in [1.165, 1.54) is 6.92 Å². The molecule has 0 saturated heterocycles. The molecule has 0 radical (unpaired) electrons. The van der Waals surface area contributed by atoms with Gasteiger partial charge in [-0.1, -0.05) is 0 Å². The van der Waals surface area contributed by atoms with Gasteiger partial charge in [0.2, 0.25) is 0 Å². The van der Waals surface area contributed by atoms with Gasteiger partial charge in [-0.2, -0.15) is 0 Å². The van der Waals surface area contributed by atoms with Gasteiger partial charge in [0.05, 0.1) is 14.1 Å². The molecule has 3 N–H and O–H groups in total. The first-order chi connectivity index (χ1) is 5.39. The molecule has 0 heterocycles. The Morgan fingerprint density at radius 3 is 1.00 bits per heavy atom. The number of hydrogen-bond acceptors (Lipinski definition) is 2. The molecular formula is C4H12F6NO2P. The standard InChI is InChI=1S/C4H11NO2.F6P/c1-4(6,7)5(2)3;1-7(2,3,4,5)6/h6-7H,1-3H3;/q;-1/p+1. The second-order valence-corrected chi connectivity index (χ2v) is 4.90. The van der Waals surface area contributed by atoms with E-state index in [-0.39, 0.29) is 0 Å². The molecule has 0 aromatic rings. The molecule has 0 amide bonds. The van der Waals surface area contributed by atoms with Crippen molar-refractivity contribution in [3.8, 4) is 0 Å². The Morgan fingerprint density at radius 1 is 0.929 bits per heavy atom. The first kappa shape index (κ1) is 16.3. The van der Waals surface area contributed by atoms with Crippen LogP contribution in [-0.2, 0) is 0 Å². The van der Waals surface area contributed by atoms with Crippen LogP contribution in [0.2, 0.25) is 0 Å². The molecule has 14 heavy (non-hydrogen) atoms. The van der Waals surface area contributed by atoms with Crippen LogP contribution in [0.1, 0.15) is 6.92 Å². The minimum atomic E-state index is -10.7. The SMILES string of the molecule is C[NH+](C)C(C)(O)O.F[P-](F)(F)(F)(F)F. The van der Waals surface area contributed by atoms with Gasteiger partial charge in [0.1, 0.15) is 0 Å². The van der Waals surface area contributed by atoms with Gasteiger partial charge in [-0.05, 0) is 0 Å². The van der Waals surface area contributed by atoms with Crippen LogP contribution in [0.5, 0.6) is 0 Å². The summed E-state index contributed by atoms with van der Waals surface area (Å²) in [6.07, 6.45) is 0. The average Bonchev–Trinajstić information content (AvgIpc) is 1.50. The Hall–Kier alpha value is -0.110. The Labute approximate surface area is 76.2 Å². The monoisotopic (exact) mass is 251 g/mol. The number of halogens is 6. The van der Waals surface area contributed by atoms with Gasteiger partial charge < -0.3 is 10.2 Å². The van der Waals surface area contributed by atoms with Gasteiger partial charge in [0.25, 0.3) is 0 Å². The topological polar surface area (TPSA) is 44.9 Å². The van der Waals surface area contributed by atoms with Crippen LogP contribution >= 0.6 is 7.81 Å². The zero-order valence-electron chi connectivity index (χ0n) is 7.61. The maximum absolute atomic E-state index is 10.7. The van der Waals surface area contributed by atoms with E-state index in [0.29, 0.717) is 4.90 Å². The van der Waals surface area contributed by atoms with Crippen molar-refractivity contribution in [3.63, 3.8) is 0 Å². The van der Waals surface area contributed by atoms with Crippen LogP contribution in [0.4, 0.5) is 25.2 Å². The van der Waals surface area contributed by atoms with Crippen LogP contribution < -0.4 is 4.90 Å². The summed E-state index contributed by atoms with van der Waals surface area (Å²) >= 11 is 0. The van der Waals surface area contributed by atoms with Crippen molar-refractivity contribution < 1.29 is 40.3 Å². The third-order valence-corrected chi connectivity index (χ3v) is 0.947. The van der Waals surface area contributed by atoms with E-state index in [9.17, 15) is 25.2 Å². The normalized spacial score (nSPS) is 18.0. The van der Waals surface area contributed by atoms with Gasteiger partial charge in [-0.3, -0.25) is 4.90 Å². The molecule has 0 aliphatic heterocycles. The van der Waals surface area contributed by atoms with E-state index in [4.69, 9.17) is 10.2 Å². The van der Waals surface area contributed by atoms with Crippen molar-refractivity contribution in [1.82, 2.24) is 0 Å². The maximum atomic E-state index is 9.87. The van der Waals surface area contributed by atoms with Crippen LogP contribution in [0, 0.1) is 0 Å². The Kier molecular flexibility index (Phi) is 3.72. The van der Waals surface area contributed by atoms with Crippen molar-refractivity contribution in [1.29, 1.82) is 0 Å². The summed E-state index contributed by atoms with van der Waals surface area (Å²) in [6, 6.07) is 0. The number of rotatable bonds is 1. The Bertz CT molecular complexity index is 178. The Morgan fingerprint density at radius 2 is 1.00 bits per heavy atom. The molecular weight excluding hydrogens is 239 g/mol. The fourth-order valence-corrected chi connectivity index (χ4v) is 0. The molecule has 0 rings (SSSR count). The number of aliphatic hydroxyl groups is 2. The molecule has 0 aromatic carbocycles. The molecule has 0 aromatic heterocycles. The van der Waals surface area contributed by atoms with E-state index in [2.05, 4.69) is 0 Å². The van der Waals surface area contributed by atoms with Crippen molar-refractivity contribution >= 4 is 7.81 Å². The Balaban J connectivity index is 0. The van der Waals surface area contributed by atoms with Gasteiger partial charge in [-0.15, -0.1) is 0 Å². The molecule has 0 saturated carbocycles. The molecule has 0 aliphatic rings. The van der Waals surface area contributed by atoms with Crippen LogP contribution in [0.15, 0.2) is 0 Å². The predicted molar refractivity (Wildman–Crippen MR) is 39.2 cm³/mol. The minimum absolute atomic E-state index is 0.604. The summed E-state index contributed by atoms with van der Waals surface area (Å²) in [5.74, 6) is -1.58. The van der Waals surface area contributed by atoms with Crippen molar-refractivity contribution in [2.45, 2.75) is 12.8 Å². The van der Waals surface area contributed by atoms with Gasteiger partial charge >= 0.3 is 38.9 Å². The quantitative estimate of drug-likeness (QED) is 0.372. The number of quaternary nitrogens is 1. The summed E-state index contributed by atoms with van der Waals surface area (Å²) in [4.78, 5) is 0.604. The molecule has 0 bridgehead atoms. The second-order valence-electron chi connectivity index (χ2n) is 2.98. The van der Waals surface area contributed by atoms with E-state index < -0.39 is 13.7 Å². The predicted octanol–water partition coefficient (Wildman–Crippen LogP) is 1.17. The summed E-state index contributed by atoms with van der Waals surface area (Å²) in [6.45, 7) is 1.34. The van der Waals surface area contributed by atoms with Crippen molar-refractivity contribution in [2.75, 3.05) is 14.1 Å². The van der Waals surface area contributed by atoms with Crippen LogP contribution in [0.3, 0.4) is 0 Å². The summed E-state index contributed by atoms with van der Waals surface area (Å²) < 4.78 is 59.2. The molecule has 10 heteroatoms. The van der Waals surface area contributed by atoms with Gasteiger partial charge in [0.15, 0.2) is 0 Å². The molecule has 0 aliphatic carbocycles. The molecule has 0 unspecified atom stereocenters. The third kappa shape index (κ3) is 40.6. The summed E-state index contributed by atoms with van der Waals surface area (Å²) in [7, 11) is -7.32. The van der Waals surface area contributed by atoms with Gasteiger partial charge in [0, 0.05) is 6.92 Å². The first-order valence-electron chi connectivity index (χ1n) is 3.21. The van der Waals surface area contributed by atoms with E-state index >= 15 is 0 Å². The number of nitrogens with one attached hydrogen (secondary N) is 1. The fourth-order valence-electron chi connectivity index (χ4n) is 0. The molecule has 92 valence electrons. The molecule has 3 nitrogen and oxygen atoms in total. The van der Waals surface area contributed by atoms with Crippen molar-refractivity contribution in [3.05, 3.63) is 0 Å². The van der Waals surface area contributed by atoms with Crippen molar-refractivity contribution in [2.24, 2.45) is 0 Å². The fraction of sp³-hybridized carbons (Fsp3) is 1.00. The van der Waals surface area contributed by atoms with E-state index in [0.717, 1.165) is 0 Å². The van der Waals surface area contributed by atoms with Crippen LogP contribution in [0.25, 0.3) is 0 Å². The van der Waals surface area contributed by atoms with Crippen LogP contribution in [-0.4, -0.2) is 30.2 Å². The average molecular weight is 251 g/mol. The summed E-state index contributed by atoms with van der Waals surface area (Å²) in [5.41, 5.74) is 0. The molecule has 0 atom stereocenters. The first-order valence-corrected chi connectivity index (χ1v) is 5.24. The zero-order chi connectivity index (χ0) is 12.5. The van der Waals surface area contributed by atoms with E-state index in [1.54, 1.807) is 14.1 Å². The van der Waals surface area contributed by atoms with Gasteiger partial charge in [-0.25, -0.2) is 0 Å². The molecule has 0 spiro atoms. The van der Waals surface area contributed by atoms with E-state index in [1.807, 2.05) is 0 Å². The second kappa shape index (κ2) is 3.19. The summed E-state index contributed by atoms with van der Waals surface area (Å²) in [5, 5.41) is 17.2. The number of hydrogen-bond donors (Lipinski definition) is 3. The zero-order valence-corrected chi connectivity index (χ0v) is 8.50. The third-order valence-electron chi connectivity index (χ3n) is 0.947.